The van der Waals surface area contributed by atoms with E-state index in [9.17, 15) is 4.79 Å². The van der Waals surface area contributed by atoms with E-state index in [4.69, 9.17) is 5.26 Å². The van der Waals surface area contributed by atoms with Crippen molar-refractivity contribution >= 4 is 5.91 Å². The van der Waals surface area contributed by atoms with Gasteiger partial charge in [-0.2, -0.15) is 5.26 Å². The standard InChI is InChI=1S/C13H23N3O/c1-10(2)16-13(17)9-15-12-7-5-3-4-6-11(12)8-14/h10-12,15H,3-7,9H2,1-2H3,(H,16,17). The van der Waals surface area contributed by atoms with Crippen LogP contribution < -0.4 is 10.6 Å². The summed E-state index contributed by atoms with van der Waals surface area (Å²) in [6.07, 6.45) is 5.46. The minimum absolute atomic E-state index is 0.0148. The molecule has 0 spiro atoms. The predicted molar refractivity (Wildman–Crippen MR) is 67.3 cm³/mol. The lowest BCUT2D eigenvalue weighted by Crippen LogP contribution is -2.43. The van der Waals surface area contributed by atoms with Gasteiger partial charge in [0.15, 0.2) is 0 Å². The third-order valence-corrected chi connectivity index (χ3v) is 3.16. The van der Waals surface area contributed by atoms with Crippen molar-refractivity contribution in [1.29, 1.82) is 5.26 Å². The van der Waals surface area contributed by atoms with Crippen molar-refractivity contribution < 1.29 is 4.79 Å². The zero-order valence-corrected chi connectivity index (χ0v) is 10.8. The molecule has 0 aromatic carbocycles. The smallest absolute Gasteiger partial charge is 0.234 e. The second-order valence-electron chi connectivity index (χ2n) is 5.08. The first-order chi connectivity index (χ1) is 8.13. The Kier molecular flexibility index (Phi) is 5.99. The van der Waals surface area contributed by atoms with Crippen molar-refractivity contribution in [2.24, 2.45) is 5.92 Å². The molecule has 1 amide bonds. The number of nitrogens with one attached hydrogen (secondary N) is 2. The monoisotopic (exact) mass is 237 g/mol. The Labute approximate surface area is 104 Å². The molecule has 0 aromatic heterocycles. The van der Waals surface area contributed by atoms with Gasteiger partial charge in [-0.15, -0.1) is 0 Å². The molecule has 0 bridgehead atoms. The molecule has 2 N–H and O–H groups in total. The summed E-state index contributed by atoms with van der Waals surface area (Å²) in [6, 6.07) is 2.72. The summed E-state index contributed by atoms with van der Waals surface area (Å²) in [5.74, 6) is 0.0743. The molecule has 0 aliphatic heterocycles. The van der Waals surface area contributed by atoms with Crippen molar-refractivity contribution in [2.45, 2.75) is 58.0 Å². The Morgan fingerprint density at radius 3 is 2.71 bits per heavy atom. The highest BCUT2D eigenvalue weighted by Gasteiger charge is 2.23. The third-order valence-electron chi connectivity index (χ3n) is 3.16. The van der Waals surface area contributed by atoms with Gasteiger partial charge in [0, 0.05) is 12.1 Å². The second kappa shape index (κ2) is 7.29. The molecule has 1 aliphatic carbocycles. The number of nitrogens with zero attached hydrogens (tertiary/aromatic N) is 1. The molecule has 1 fully saturated rings. The molecule has 4 nitrogen and oxygen atoms in total. The van der Waals surface area contributed by atoms with Gasteiger partial charge >= 0.3 is 0 Å². The normalized spacial score (nSPS) is 25.1. The van der Waals surface area contributed by atoms with Crippen LogP contribution >= 0.6 is 0 Å². The molecule has 17 heavy (non-hydrogen) atoms. The molecule has 2 atom stereocenters. The summed E-state index contributed by atoms with van der Waals surface area (Å²) >= 11 is 0. The zero-order chi connectivity index (χ0) is 12.7. The van der Waals surface area contributed by atoms with Crippen LogP contribution in [0.4, 0.5) is 0 Å². The lowest BCUT2D eigenvalue weighted by atomic mass is 9.96. The highest BCUT2D eigenvalue weighted by atomic mass is 16.1. The van der Waals surface area contributed by atoms with Crippen LogP contribution in [-0.4, -0.2) is 24.5 Å². The van der Waals surface area contributed by atoms with Crippen molar-refractivity contribution in [2.75, 3.05) is 6.54 Å². The van der Waals surface area contributed by atoms with Crippen LogP contribution in [0.15, 0.2) is 0 Å². The van der Waals surface area contributed by atoms with Crippen molar-refractivity contribution in [3.05, 3.63) is 0 Å². The summed E-state index contributed by atoms with van der Waals surface area (Å²) < 4.78 is 0. The molecule has 1 saturated carbocycles. The van der Waals surface area contributed by atoms with Crippen LogP contribution in [0.5, 0.6) is 0 Å². The molecule has 0 aromatic rings. The van der Waals surface area contributed by atoms with Crippen LogP contribution in [0.3, 0.4) is 0 Å². The van der Waals surface area contributed by atoms with Crippen LogP contribution in [0, 0.1) is 17.2 Å². The number of carbonyl (C=O) groups is 1. The fourth-order valence-electron chi connectivity index (χ4n) is 2.30. The van der Waals surface area contributed by atoms with E-state index in [1.807, 2.05) is 13.8 Å². The number of hydrogen-bond donors (Lipinski definition) is 2. The first kappa shape index (κ1) is 14.0. The molecule has 1 aliphatic rings. The van der Waals surface area contributed by atoms with E-state index in [1.165, 1.54) is 6.42 Å². The van der Waals surface area contributed by atoms with E-state index in [-0.39, 0.29) is 23.9 Å². The molecule has 0 heterocycles. The van der Waals surface area contributed by atoms with Gasteiger partial charge in [-0.3, -0.25) is 4.79 Å². The highest BCUT2D eigenvalue weighted by molar-refractivity contribution is 5.78. The topological polar surface area (TPSA) is 64.9 Å². The van der Waals surface area contributed by atoms with Gasteiger partial charge in [0.25, 0.3) is 0 Å². The Morgan fingerprint density at radius 1 is 1.35 bits per heavy atom. The van der Waals surface area contributed by atoms with E-state index in [0.29, 0.717) is 6.54 Å². The molecular formula is C13H23N3O. The molecule has 96 valence electrons. The van der Waals surface area contributed by atoms with Gasteiger partial charge in [0.05, 0.1) is 18.5 Å². The maximum absolute atomic E-state index is 11.5. The van der Waals surface area contributed by atoms with Gasteiger partial charge in [-0.05, 0) is 26.7 Å². The Morgan fingerprint density at radius 2 is 2.06 bits per heavy atom. The molecule has 0 saturated heterocycles. The summed E-state index contributed by atoms with van der Waals surface area (Å²) in [4.78, 5) is 11.5. The molecule has 0 radical (unpaired) electrons. The van der Waals surface area contributed by atoms with Crippen molar-refractivity contribution in [3.8, 4) is 6.07 Å². The van der Waals surface area contributed by atoms with Gasteiger partial charge in [0.2, 0.25) is 5.91 Å². The highest BCUT2D eigenvalue weighted by Crippen LogP contribution is 2.22. The average molecular weight is 237 g/mol. The average Bonchev–Trinajstić information content (AvgIpc) is 2.49. The van der Waals surface area contributed by atoms with Crippen LogP contribution in [0.2, 0.25) is 0 Å². The molecule has 4 heteroatoms. The Hall–Kier alpha value is -1.08. The molecule has 2 unspecified atom stereocenters. The van der Waals surface area contributed by atoms with E-state index in [1.54, 1.807) is 0 Å². The number of hydrogen-bond acceptors (Lipinski definition) is 3. The summed E-state index contributed by atoms with van der Waals surface area (Å²) in [7, 11) is 0. The number of rotatable bonds is 4. The number of carbonyl (C=O) groups excluding carboxylic acids is 1. The summed E-state index contributed by atoms with van der Waals surface area (Å²) in [6.45, 7) is 4.21. The first-order valence-corrected chi connectivity index (χ1v) is 6.56. The summed E-state index contributed by atoms with van der Waals surface area (Å²) in [5, 5.41) is 15.2. The van der Waals surface area contributed by atoms with Crippen molar-refractivity contribution in [1.82, 2.24) is 10.6 Å². The fraction of sp³-hybridized carbons (Fsp3) is 0.846. The molecular weight excluding hydrogens is 214 g/mol. The second-order valence-corrected chi connectivity index (χ2v) is 5.08. The van der Waals surface area contributed by atoms with Crippen molar-refractivity contribution in [3.63, 3.8) is 0 Å². The van der Waals surface area contributed by atoms with Crippen LogP contribution in [-0.2, 0) is 4.79 Å². The van der Waals surface area contributed by atoms with E-state index in [0.717, 1.165) is 25.7 Å². The number of nitriles is 1. The summed E-state index contributed by atoms with van der Waals surface area (Å²) in [5.41, 5.74) is 0. The molecule has 1 rings (SSSR count). The Bertz CT molecular complexity index is 283. The lowest BCUT2D eigenvalue weighted by molar-refractivity contribution is -0.120. The van der Waals surface area contributed by atoms with E-state index in [2.05, 4.69) is 16.7 Å². The van der Waals surface area contributed by atoms with Gasteiger partial charge < -0.3 is 10.6 Å². The fourth-order valence-corrected chi connectivity index (χ4v) is 2.30. The number of amides is 1. The van der Waals surface area contributed by atoms with Crippen LogP contribution in [0.25, 0.3) is 0 Å². The predicted octanol–water partition coefficient (Wildman–Crippen LogP) is 1.57. The van der Waals surface area contributed by atoms with Gasteiger partial charge in [0.1, 0.15) is 0 Å². The minimum Gasteiger partial charge on any atom is -0.353 e. The third kappa shape index (κ3) is 5.18. The van der Waals surface area contributed by atoms with E-state index >= 15 is 0 Å². The zero-order valence-electron chi connectivity index (χ0n) is 10.8. The minimum atomic E-state index is 0.0148. The Balaban J connectivity index is 2.37. The largest absolute Gasteiger partial charge is 0.353 e. The van der Waals surface area contributed by atoms with Crippen LogP contribution in [0.1, 0.15) is 46.0 Å². The SMILES string of the molecule is CC(C)NC(=O)CNC1CCCCCC1C#N. The lowest BCUT2D eigenvalue weighted by Gasteiger charge is -2.21. The maximum atomic E-state index is 11.5. The van der Waals surface area contributed by atoms with Gasteiger partial charge in [-0.1, -0.05) is 19.3 Å². The maximum Gasteiger partial charge on any atom is 0.234 e. The van der Waals surface area contributed by atoms with Gasteiger partial charge in [-0.25, -0.2) is 0 Å². The quantitative estimate of drug-likeness (QED) is 0.729. The first-order valence-electron chi connectivity index (χ1n) is 6.56. The van der Waals surface area contributed by atoms with E-state index < -0.39 is 0 Å².